The summed E-state index contributed by atoms with van der Waals surface area (Å²) in [5.74, 6) is 0.387. The molecule has 3 rings (SSSR count). The topological polar surface area (TPSA) is 105 Å². The van der Waals surface area contributed by atoms with Crippen LogP contribution in [-0.2, 0) is 16.2 Å². The van der Waals surface area contributed by atoms with Crippen LogP contribution in [0.15, 0.2) is 60.0 Å². The first-order chi connectivity index (χ1) is 14.1. The minimum atomic E-state index is -4.64. The Morgan fingerprint density at radius 1 is 1.10 bits per heavy atom. The highest BCUT2D eigenvalue weighted by atomic mass is 35.5. The minimum Gasteiger partial charge on any atom is -0.454 e. The lowest BCUT2D eigenvalue weighted by Crippen LogP contribution is -2.15. The molecule has 0 aliphatic heterocycles. The highest BCUT2D eigenvalue weighted by molar-refractivity contribution is 7.92. The Labute approximate surface area is 173 Å². The van der Waals surface area contributed by atoms with Gasteiger partial charge >= 0.3 is 6.18 Å². The summed E-state index contributed by atoms with van der Waals surface area (Å²) in [7, 11) is -4.28. The number of sulfonamides is 1. The number of ether oxygens (including phenoxy) is 1. The fourth-order valence-electron chi connectivity index (χ4n) is 2.26. The molecule has 0 fully saturated rings. The molecule has 0 saturated carbocycles. The third-order valence-electron chi connectivity index (χ3n) is 3.60. The van der Waals surface area contributed by atoms with E-state index in [4.69, 9.17) is 16.3 Å². The van der Waals surface area contributed by atoms with E-state index in [1.54, 1.807) is 0 Å². The van der Waals surface area contributed by atoms with Crippen molar-refractivity contribution < 1.29 is 26.3 Å². The summed E-state index contributed by atoms with van der Waals surface area (Å²) in [6, 6.07) is 8.55. The highest BCUT2D eigenvalue weighted by Crippen LogP contribution is 2.30. The molecule has 3 aromatic rings. The first-order valence-corrected chi connectivity index (χ1v) is 9.83. The van der Waals surface area contributed by atoms with Crippen molar-refractivity contribution in [2.24, 2.45) is 0 Å². The Morgan fingerprint density at radius 2 is 1.87 bits per heavy atom. The van der Waals surface area contributed by atoms with Gasteiger partial charge in [0.2, 0.25) is 0 Å². The summed E-state index contributed by atoms with van der Waals surface area (Å²) >= 11 is 5.82. The predicted octanol–water partition coefficient (Wildman–Crippen LogP) is 4.61. The van der Waals surface area contributed by atoms with E-state index in [1.165, 1.54) is 36.7 Å². The fourth-order valence-corrected chi connectivity index (χ4v) is 3.40. The average Bonchev–Trinajstić information content (AvgIpc) is 2.68. The molecular formula is C18H10ClF3N4O3S. The molecule has 30 heavy (non-hydrogen) atoms. The van der Waals surface area contributed by atoms with Gasteiger partial charge in [-0.3, -0.25) is 9.71 Å². The monoisotopic (exact) mass is 454 g/mol. The van der Waals surface area contributed by atoms with Gasteiger partial charge in [-0.2, -0.15) is 26.9 Å². The maximum atomic E-state index is 12.6. The van der Waals surface area contributed by atoms with E-state index in [9.17, 15) is 26.9 Å². The molecule has 154 valence electrons. The largest absolute Gasteiger partial charge is 0.454 e. The van der Waals surface area contributed by atoms with Gasteiger partial charge in [-0.05, 0) is 30.3 Å². The lowest BCUT2D eigenvalue weighted by atomic mass is 10.2. The molecule has 12 heteroatoms. The van der Waals surface area contributed by atoms with Crippen LogP contribution < -0.4 is 9.46 Å². The quantitative estimate of drug-likeness (QED) is 0.603. The van der Waals surface area contributed by atoms with Crippen molar-refractivity contribution in [1.82, 2.24) is 9.97 Å². The number of alkyl halides is 3. The van der Waals surface area contributed by atoms with Gasteiger partial charge in [0.15, 0.2) is 5.03 Å². The van der Waals surface area contributed by atoms with Crippen molar-refractivity contribution >= 4 is 27.3 Å². The Bertz CT molecular complexity index is 1230. The number of halogens is 4. The molecule has 7 nitrogen and oxygen atoms in total. The van der Waals surface area contributed by atoms with Crippen LogP contribution in [-0.4, -0.2) is 18.4 Å². The number of nitriles is 1. The van der Waals surface area contributed by atoms with E-state index in [2.05, 4.69) is 14.7 Å². The summed E-state index contributed by atoms with van der Waals surface area (Å²) in [6.07, 6.45) is -1.45. The summed E-state index contributed by atoms with van der Waals surface area (Å²) in [6.45, 7) is 0. The molecule has 0 saturated heterocycles. The van der Waals surface area contributed by atoms with Gasteiger partial charge < -0.3 is 4.74 Å². The zero-order valence-corrected chi connectivity index (χ0v) is 16.3. The summed E-state index contributed by atoms with van der Waals surface area (Å²) in [5, 5.41) is 9.04. The molecule has 0 radical (unpaired) electrons. The zero-order valence-electron chi connectivity index (χ0n) is 14.7. The zero-order chi connectivity index (χ0) is 21.9. The van der Waals surface area contributed by atoms with Crippen LogP contribution in [0.2, 0.25) is 5.02 Å². The summed E-state index contributed by atoms with van der Waals surface area (Å²) < 4.78 is 70.3. The first-order valence-electron chi connectivity index (χ1n) is 7.97. The first kappa shape index (κ1) is 21.4. The van der Waals surface area contributed by atoms with Crippen molar-refractivity contribution in [3.63, 3.8) is 0 Å². The summed E-state index contributed by atoms with van der Waals surface area (Å²) in [4.78, 5) is 7.21. The van der Waals surface area contributed by atoms with Crippen LogP contribution in [0.3, 0.4) is 0 Å². The fraction of sp³-hybridized carbons (Fsp3) is 0.0556. The standard InChI is InChI=1S/C18H10ClF3N4O3S/c19-13-6-15(10-24-9-13)29-16-3-2-14(5-11(16)7-23)26-30(27,28)17-4-1-12(8-25-17)18(20,21)22/h1-6,8-10,26H. The number of pyridine rings is 2. The number of nitrogens with one attached hydrogen (secondary N) is 1. The van der Waals surface area contributed by atoms with Gasteiger partial charge in [-0.1, -0.05) is 11.6 Å². The van der Waals surface area contributed by atoms with Crippen LogP contribution in [0, 0.1) is 11.3 Å². The molecule has 0 atom stereocenters. The number of benzene rings is 1. The Kier molecular flexibility index (Phi) is 5.82. The van der Waals surface area contributed by atoms with Gasteiger partial charge in [-0.15, -0.1) is 0 Å². The second-order valence-electron chi connectivity index (χ2n) is 5.75. The smallest absolute Gasteiger partial charge is 0.417 e. The van der Waals surface area contributed by atoms with Crippen molar-refractivity contribution in [2.45, 2.75) is 11.2 Å². The Balaban J connectivity index is 1.83. The van der Waals surface area contributed by atoms with E-state index in [1.807, 2.05) is 6.07 Å². The highest BCUT2D eigenvalue weighted by Gasteiger charge is 2.31. The lowest BCUT2D eigenvalue weighted by molar-refractivity contribution is -0.137. The number of aromatic nitrogens is 2. The number of hydrogen-bond acceptors (Lipinski definition) is 6. The average molecular weight is 455 g/mol. The van der Waals surface area contributed by atoms with Gasteiger partial charge in [0.25, 0.3) is 10.0 Å². The molecule has 0 bridgehead atoms. The molecule has 2 heterocycles. The number of nitrogens with zero attached hydrogens (tertiary/aromatic N) is 3. The number of anilines is 1. The van der Waals surface area contributed by atoms with E-state index >= 15 is 0 Å². The number of rotatable bonds is 5. The molecule has 0 aliphatic carbocycles. The third-order valence-corrected chi connectivity index (χ3v) is 5.10. The lowest BCUT2D eigenvalue weighted by Gasteiger charge is -2.11. The van der Waals surface area contributed by atoms with Crippen molar-refractivity contribution in [2.75, 3.05) is 4.72 Å². The Hall–Kier alpha value is -3.36. The van der Waals surface area contributed by atoms with Crippen LogP contribution in [0.25, 0.3) is 0 Å². The van der Waals surface area contributed by atoms with Crippen LogP contribution in [0.4, 0.5) is 18.9 Å². The maximum absolute atomic E-state index is 12.6. The molecule has 1 N–H and O–H groups in total. The molecule has 0 spiro atoms. The van der Waals surface area contributed by atoms with E-state index in [0.29, 0.717) is 17.3 Å². The van der Waals surface area contributed by atoms with Crippen LogP contribution in [0.1, 0.15) is 11.1 Å². The molecule has 2 aromatic heterocycles. The normalized spacial score (nSPS) is 11.6. The third kappa shape index (κ3) is 4.97. The van der Waals surface area contributed by atoms with Gasteiger partial charge in [-0.25, -0.2) is 4.98 Å². The van der Waals surface area contributed by atoms with E-state index < -0.39 is 26.8 Å². The van der Waals surface area contributed by atoms with Crippen molar-refractivity contribution in [1.29, 1.82) is 5.26 Å². The van der Waals surface area contributed by atoms with Gasteiger partial charge in [0.05, 0.1) is 28.0 Å². The molecule has 0 unspecified atom stereocenters. The maximum Gasteiger partial charge on any atom is 0.417 e. The Morgan fingerprint density at radius 3 is 2.47 bits per heavy atom. The molecular weight excluding hydrogens is 445 g/mol. The summed E-state index contributed by atoms with van der Waals surface area (Å²) in [5.41, 5.74) is -1.09. The second kappa shape index (κ2) is 8.17. The predicted molar refractivity (Wildman–Crippen MR) is 101 cm³/mol. The number of hydrogen-bond donors (Lipinski definition) is 1. The second-order valence-corrected chi connectivity index (χ2v) is 7.82. The van der Waals surface area contributed by atoms with E-state index in [-0.39, 0.29) is 22.7 Å². The SMILES string of the molecule is N#Cc1cc(NS(=O)(=O)c2ccc(C(F)(F)F)cn2)ccc1Oc1cncc(Cl)c1. The van der Waals surface area contributed by atoms with Crippen LogP contribution in [0.5, 0.6) is 11.5 Å². The van der Waals surface area contributed by atoms with Crippen LogP contribution >= 0.6 is 11.6 Å². The van der Waals surface area contributed by atoms with Crippen molar-refractivity contribution in [3.8, 4) is 17.6 Å². The molecule has 1 aromatic carbocycles. The van der Waals surface area contributed by atoms with Gasteiger partial charge in [0.1, 0.15) is 17.6 Å². The van der Waals surface area contributed by atoms with E-state index in [0.717, 1.165) is 6.07 Å². The molecule has 0 aliphatic rings. The van der Waals surface area contributed by atoms with Crippen molar-refractivity contribution in [3.05, 3.63) is 71.1 Å². The van der Waals surface area contributed by atoms with Gasteiger partial charge in [0, 0.05) is 18.5 Å². The molecule has 0 amide bonds. The minimum absolute atomic E-state index is 0.00412.